The average Bonchev–Trinajstić information content (AvgIpc) is 2.83. The molecule has 2 aromatic rings. The topological polar surface area (TPSA) is 105 Å². The van der Waals surface area contributed by atoms with Gasteiger partial charge in [-0.05, 0) is 43.7 Å². The van der Waals surface area contributed by atoms with E-state index < -0.39 is 16.1 Å². The molecule has 2 amide bonds. The third-order valence-electron chi connectivity index (χ3n) is 5.72. The summed E-state index contributed by atoms with van der Waals surface area (Å²) in [6.45, 7) is 5.01. The van der Waals surface area contributed by atoms with Crippen molar-refractivity contribution in [2.75, 3.05) is 38.1 Å². The van der Waals surface area contributed by atoms with Crippen LogP contribution in [0.4, 0.5) is 5.69 Å². The molecule has 33 heavy (non-hydrogen) atoms. The van der Waals surface area contributed by atoms with Gasteiger partial charge in [-0.2, -0.15) is 4.31 Å². The number of carbonyl (C=O) groups excluding carboxylic acids is 2. The van der Waals surface area contributed by atoms with Gasteiger partial charge in [-0.25, -0.2) is 8.42 Å². The number of sulfonamides is 1. The van der Waals surface area contributed by atoms with Gasteiger partial charge in [0.1, 0.15) is 11.5 Å². The van der Waals surface area contributed by atoms with Crippen LogP contribution in [-0.4, -0.2) is 68.3 Å². The highest BCUT2D eigenvalue weighted by atomic mass is 32.2. The Labute approximate surface area is 193 Å². The van der Waals surface area contributed by atoms with Gasteiger partial charge in [-0.15, -0.1) is 0 Å². The minimum absolute atomic E-state index is 0.0709. The fourth-order valence-electron chi connectivity index (χ4n) is 3.93. The van der Waals surface area contributed by atoms with Crippen molar-refractivity contribution in [2.24, 2.45) is 0 Å². The Balaban J connectivity index is 1.46. The Morgan fingerprint density at radius 2 is 1.85 bits per heavy atom. The molecule has 0 aliphatic carbocycles. The first-order valence-electron chi connectivity index (χ1n) is 11.0. The van der Waals surface area contributed by atoms with Gasteiger partial charge in [-0.1, -0.05) is 19.1 Å². The van der Waals surface area contributed by atoms with Gasteiger partial charge in [0, 0.05) is 26.2 Å². The number of rotatable bonds is 6. The fourth-order valence-corrected chi connectivity index (χ4v) is 5.38. The van der Waals surface area contributed by atoms with Crippen LogP contribution in [0.15, 0.2) is 47.4 Å². The second-order valence-corrected chi connectivity index (χ2v) is 9.73. The van der Waals surface area contributed by atoms with E-state index in [1.54, 1.807) is 35.2 Å². The van der Waals surface area contributed by atoms with E-state index in [-0.39, 0.29) is 42.9 Å². The molecule has 2 aromatic carbocycles. The van der Waals surface area contributed by atoms with Crippen molar-refractivity contribution in [1.29, 1.82) is 0 Å². The van der Waals surface area contributed by atoms with Crippen molar-refractivity contribution < 1.29 is 27.5 Å². The highest BCUT2D eigenvalue weighted by molar-refractivity contribution is 7.89. The second kappa shape index (κ2) is 9.40. The molecular formula is C23H27N3O6S. The molecule has 1 saturated heterocycles. The van der Waals surface area contributed by atoms with E-state index in [0.29, 0.717) is 35.8 Å². The highest BCUT2D eigenvalue weighted by Crippen LogP contribution is 2.33. The van der Waals surface area contributed by atoms with Crippen LogP contribution in [-0.2, 0) is 14.8 Å². The summed E-state index contributed by atoms with van der Waals surface area (Å²) < 4.78 is 39.0. The summed E-state index contributed by atoms with van der Waals surface area (Å²) in [5, 5.41) is 2.72. The second-order valence-electron chi connectivity index (χ2n) is 7.79. The molecule has 1 atom stereocenters. The van der Waals surface area contributed by atoms with Crippen LogP contribution in [0.25, 0.3) is 0 Å². The monoisotopic (exact) mass is 473 g/mol. The number of nitrogens with one attached hydrogen (secondary N) is 1. The maximum Gasteiger partial charge on any atom is 0.265 e. The molecule has 0 unspecified atom stereocenters. The van der Waals surface area contributed by atoms with Crippen LogP contribution in [0.3, 0.4) is 0 Å². The van der Waals surface area contributed by atoms with E-state index in [2.05, 4.69) is 5.32 Å². The Morgan fingerprint density at radius 3 is 2.55 bits per heavy atom. The smallest absolute Gasteiger partial charge is 0.265 e. The molecule has 1 N–H and O–H groups in total. The van der Waals surface area contributed by atoms with Crippen molar-refractivity contribution in [1.82, 2.24) is 9.21 Å². The number of benzene rings is 2. The van der Waals surface area contributed by atoms with Crippen molar-refractivity contribution in [2.45, 2.75) is 31.3 Å². The zero-order valence-electron chi connectivity index (χ0n) is 18.6. The zero-order chi connectivity index (χ0) is 23.6. The fraction of sp³-hybridized carbons (Fsp3) is 0.391. The van der Waals surface area contributed by atoms with Crippen LogP contribution in [0.5, 0.6) is 11.5 Å². The standard InChI is InChI=1S/C23H27N3O6S/c1-3-19-22(27)24-18-15-16(9-10-21(18)32-19)33(29,30)26-13-11-25(12-14-26)23(28)17-7-5-6-8-20(17)31-4-2/h5-10,15,19H,3-4,11-14H2,1-2H3,(H,24,27)/t19-/m1/s1. The number of carbonyl (C=O) groups is 2. The predicted molar refractivity (Wildman–Crippen MR) is 122 cm³/mol. The number of amides is 2. The number of para-hydroxylation sites is 1. The summed E-state index contributed by atoms with van der Waals surface area (Å²) >= 11 is 0. The van der Waals surface area contributed by atoms with Crippen molar-refractivity contribution in [3.05, 3.63) is 48.0 Å². The summed E-state index contributed by atoms with van der Waals surface area (Å²) in [7, 11) is -3.80. The van der Waals surface area contributed by atoms with Crippen molar-refractivity contribution >= 4 is 27.5 Å². The third kappa shape index (κ3) is 4.53. The number of fused-ring (bicyclic) bond motifs is 1. The number of anilines is 1. The molecule has 2 heterocycles. The highest BCUT2D eigenvalue weighted by Gasteiger charge is 2.33. The van der Waals surface area contributed by atoms with Crippen LogP contribution in [0, 0.1) is 0 Å². The Kier molecular flexibility index (Phi) is 6.57. The molecule has 0 bridgehead atoms. The minimum Gasteiger partial charge on any atom is -0.493 e. The van der Waals surface area contributed by atoms with Gasteiger partial charge in [0.15, 0.2) is 6.10 Å². The number of hydrogen-bond donors (Lipinski definition) is 1. The van der Waals surface area contributed by atoms with Crippen molar-refractivity contribution in [3.8, 4) is 11.5 Å². The molecular weight excluding hydrogens is 446 g/mol. The van der Waals surface area contributed by atoms with E-state index in [0.717, 1.165) is 0 Å². The molecule has 10 heteroatoms. The Hall–Kier alpha value is -3.11. The Bertz CT molecular complexity index is 1160. The third-order valence-corrected chi connectivity index (χ3v) is 7.62. The van der Waals surface area contributed by atoms with E-state index in [1.165, 1.54) is 16.4 Å². The van der Waals surface area contributed by atoms with Crippen LogP contribution in [0.2, 0.25) is 0 Å². The number of hydrogen-bond acceptors (Lipinski definition) is 6. The molecule has 9 nitrogen and oxygen atoms in total. The van der Waals surface area contributed by atoms with Crippen LogP contribution >= 0.6 is 0 Å². The Morgan fingerprint density at radius 1 is 1.12 bits per heavy atom. The summed E-state index contributed by atoms with van der Waals surface area (Å²) in [6, 6.07) is 11.5. The van der Waals surface area contributed by atoms with E-state index >= 15 is 0 Å². The minimum atomic E-state index is -3.80. The largest absolute Gasteiger partial charge is 0.493 e. The first-order chi connectivity index (χ1) is 15.8. The van der Waals surface area contributed by atoms with Crippen molar-refractivity contribution in [3.63, 3.8) is 0 Å². The van der Waals surface area contributed by atoms with E-state index in [1.807, 2.05) is 13.8 Å². The lowest BCUT2D eigenvalue weighted by atomic mass is 10.1. The summed E-state index contributed by atoms with van der Waals surface area (Å²) in [6.07, 6.45) is -0.0676. The van der Waals surface area contributed by atoms with E-state index in [9.17, 15) is 18.0 Å². The lowest BCUT2D eigenvalue weighted by Gasteiger charge is -2.34. The summed E-state index contributed by atoms with van der Waals surface area (Å²) in [5.41, 5.74) is 0.804. The first kappa shape index (κ1) is 23.1. The van der Waals surface area contributed by atoms with Gasteiger partial charge < -0.3 is 19.7 Å². The zero-order valence-corrected chi connectivity index (χ0v) is 19.4. The molecule has 4 rings (SSSR count). The van der Waals surface area contributed by atoms with Crippen LogP contribution in [0.1, 0.15) is 30.6 Å². The summed E-state index contributed by atoms with van der Waals surface area (Å²) in [5.74, 6) is 0.488. The van der Waals surface area contributed by atoms with Gasteiger partial charge in [0.2, 0.25) is 10.0 Å². The van der Waals surface area contributed by atoms with E-state index in [4.69, 9.17) is 9.47 Å². The summed E-state index contributed by atoms with van der Waals surface area (Å²) in [4.78, 5) is 26.8. The molecule has 0 radical (unpaired) electrons. The SMILES string of the molecule is CCOc1ccccc1C(=O)N1CCN(S(=O)(=O)c2ccc3c(c2)NC(=O)[C@@H](CC)O3)CC1. The maximum absolute atomic E-state index is 13.2. The van der Waals surface area contributed by atoms with Gasteiger partial charge in [-0.3, -0.25) is 9.59 Å². The van der Waals surface area contributed by atoms with Gasteiger partial charge in [0.05, 0.1) is 22.8 Å². The number of nitrogens with zero attached hydrogens (tertiary/aromatic N) is 2. The van der Waals surface area contributed by atoms with Gasteiger partial charge in [0.25, 0.3) is 11.8 Å². The van der Waals surface area contributed by atoms with Gasteiger partial charge >= 0.3 is 0 Å². The normalized spacial score (nSPS) is 18.8. The molecule has 0 spiro atoms. The molecule has 0 saturated carbocycles. The molecule has 2 aliphatic rings. The first-order valence-corrected chi connectivity index (χ1v) is 12.4. The van der Waals surface area contributed by atoms with Crippen LogP contribution < -0.4 is 14.8 Å². The predicted octanol–water partition coefficient (Wildman–Crippen LogP) is 2.34. The average molecular weight is 474 g/mol. The molecule has 176 valence electrons. The number of ether oxygens (including phenoxy) is 2. The molecule has 0 aromatic heterocycles. The molecule has 1 fully saturated rings. The quantitative estimate of drug-likeness (QED) is 0.691. The lowest BCUT2D eigenvalue weighted by Crippen LogP contribution is -2.50. The molecule has 2 aliphatic heterocycles. The maximum atomic E-state index is 13.2. The number of piperazine rings is 1. The lowest BCUT2D eigenvalue weighted by molar-refractivity contribution is -0.123.